The lowest BCUT2D eigenvalue weighted by molar-refractivity contribution is 0.0538. The van der Waals surface area contributed by atoms with Crippen molar-refractivity contribution in [3.8, 4) is 0 Å². The molecule has 0 N–H and O–H groups in total. The second kappa shape index (κ2) is 4.50. The van der Waals surface area contributed by atoms with Crippen molar-refractivity contribution in [2.75, 3.05) is 18.1 Å². The zero-order valence-electron chi connectivity index (χ0n) is 11.3. The number of fused-ring (bicyclic) bond motifs is 3. The molecule has 2 aromatic rings. The van der Waals surface area contributed by atoms with E-state index in [0.29, 0.717) is 0 Å². The minimum atomic E-state index is -0.278. The Balaban J connectivity index is 1.69. The van der Waals surface area contributed by atoms with E-state index in [1.54, 1.807) is 0 Å². The molecule has 1 unspecified atom stereocenters. The summed E-state index contributed by atoms with van der Waals surface area (Å²) in [5.41, 5.74) is 3.64. The van der Waals surface area contributed by atoms with E-state index >= 15 is 0 Å². The van der Waals surface area contributed by atoms with Crippen molar-refractivity contribution in [2.45, 2.75) is 12.1 Å². The van der Waals surface area contributed by atoms with Crippen LogP contribution >= 0.6 is 0 Å². The van der Waals surface area contributed by atoms with Crippen LogP contribution in [0.25, 0.3) is 6.08 Å². The molecule has 0 saturated carbocycles. The predicted octanol–water partition coefficient (Wildman–Crippen LogP) is 3.49. The van der Waals surface area contributed by atoms with Crippen LogP contribution in [0.3, 0.4) is 0 Å². The van der Waals surface area contributed by atoms with E-state index in [9.17, 15) is 0 Å². The Bertz CT molecular complexity index is 649. The fourth-order valence-electron chi connectivity index (χ4n) is 3.24. The molecule has 0 bridgehead atoms. The van der Waals surface area contributed by atoms with Crippen LogP contribution < -0.4 is 4.90 Å². The summed E-state index contributed by atoms with van der Waals surface area (Å²) in [7, 11) is 0. The minimum Gasteiger partial charge on any atom is -0.350 e. The molecule has 1 atom stereocenters. The minimum absolute atomic E-state index is 0.278. The van der Waals surface area contributed by atoms with Crippen LogP contribution in [0.2, 0.25) is 0 Å². The summed E-state index contributed by atoms with van der Waals surface area (Å²) < 4.78 is 6.11. The molecular weight excluding hydrogens is 246 g/mol. The van der Waals surface area contributed by atoms with Crippen molar-refractivity contribution < 1.29 is 4.74 Å². The number of rotatable bonds is 2. The highest BCUT2D eigenvalue weighted by Crippen LogP contribution is 2.43. The van der Waals surface area contributed by atoms with Crippen LogP contribution in [0.5, 0.6) is 0 Å². The van der Waals surface area contributed by atoms with E-state index in [1.165, 1.54) is 16.8 Å². The molecule has 2 aromatic carbocycles. The highest BCUT2D eigenvalue weighted by Gasteiger charge is 2.46. The third kappa shape index (κ3) is 1.76. The first kappa shape index (κ1) is 11.7. The first-order chi connectivity index (χ1) is 9.87. The SMILES string of the molecule is C(=C\C12Cc3ccccc3N1CCO2)/c1ccccc1. The van der Waals surface area contributed by atoms with E-state index in [4.69, 9.17) is 4.74 Å². The van der Waals surface area contributed by atoms with Crippen LogP contribution in [-0.2, 0) is 11.2 Å². The van der Waals surface area contributed by atoms with Crippen molar-refractivity contribution in [3.63, 3.8) is 0 Å². The average molecular weight is 263 g/mol. The van der Waals surface area contributed by atoms with Crippen LogP contribution in [0.1, 0.15) is 11.1 Å². The zero-order chi connectivity index (χ0) is 13.4. The molecule has 2 nitrogen and oxygen atoms in total. The van der Waals surface area contributed by atoms with Gasteiger partial charge in [0.15, 0.2) is 5.72 Å². The Hall–Kier alpha value is -2.06. The lowest BCUT2D eigenvalue weighted by atomic mass is 10.1. The molecule has 0 radical (unpaired) electrons. The summed E-state index contributed by atoms with van der Waals surface area (Å²) in [6, 6.07) is 19.0. The summed E-state index contributed by atoms with van der Waals surface area (Å²) in [6.45, 7) is 1.77. The fraction of sp³-hybridized carbons (Fsp3) is 0.222. The molecule has 0 amide bonds. The summed E-state index contributed by atoms with van der Waals surface area (Å²) in [4.78, 5) is 2.39. The van der Waals surface area contributed by atoms with Gasteiger partial charge in [0.2, 0.25) is 0 Å². The topological polar surface area (TPSA) is 12.5 Å². The summed E-state index contributed by atoms with van der Waals surface area (Å²) in [6.07, 6.45) is 5.33. The van der Waals surface area contributed by atoms with E-state index in [2.05, 4.69) is 65.6 Å². The van der Waals surface area contributed by atoms with Crippen LogP contribution in [0.15, 0.2) is 60.7 Å². The van der Waals surface area contributed by atoms with Crippen molar-refractivity contribution >= 4 is 11.8 Å². The van der Waals surface area contributed by atoms with Crippen LogP contribution in [-0.4, -0.2) is 18.9 Å². The Morgan fingerprint density at radius 2 is 1.80 bits per heavy atom. The normalized spacial score (nSPS) is 24.1. The molecule has 4 rings (SSSR count). The third-order valence-electron chi connectivity index (χ3n) is 4.19. The van der Waals surface area contributed by atoms with Gasteiger partial charge in [0.05, 0.1) is 6.61 Å². The van der Waals surface area contributed by atoms with Crippen molar-refractivity contribution in [3.05, 3.63) is 71.8 Å². The van der Waals surface area contributed by atoms with Gasteiger partial charge in [-0.3, -0.25) is 0 Å². The molecule has 20 heavy (non-hydrogen) atoms. The summed E-state index contributed by atoms with van der Waals surface area (Å²) in [5, 5.41) is 0. The van der Waals surface area contributed by atoms with Gasteiger partial charge in [0.1, 0.15) is 0 Å². The maximum Gasteiger partial charge on any atom is 0.165 e. The quantitative estimate of drug-likeness (QED) is 0.822. The number of anilines is 1. The Labute approximate surface area is 119 Å². The highest BCUT2D eigenvalue weighted by atomic mass is 16.5. The standard InChI is InChI=1S/C18H17NO/c1-2-6-15(7-3-1)10-11-18-14-16-8-4-5-9-17(16)19(18)12-13-20-18/h1-11H,12-14H2/b11-10+. The fourth-order valence-corrected chi connectivity index (χ4v) is 3.24. The molecule has 0 aliphatic carbocycles. The van der Waals surface area contributed by atoms with Crippen molar-refractivity contribution in [1.82, 2.24) is 0 Å². The molecule has 2 heterocycles. The number of ether oxygens (including phenoxy) is 1. The van der Waals surface area contributed by atoms with Gasteiger partial charge in [-0.25, -0.2) is 0 Å². The average Bonchev–Trinajstić information content (AvgIpc) is 3.02. The molecule has 2 aliphatic heterocycles. The van der Waals surface area contributed by atoms with Gasteiger partial charge in [-0.05, 0) is 23.3 Å². The second-order valence-electron chi connectivity index (χ2n) is 5.39. The van der Waals surface area contributed by atoms with E-state index in [0.717, 1.165) is 19.6 Å². The summed E-state index contributed by atoms with van der Waals surface area (Å²) in [5.74, 6) is 0. The Morgan fingerprint density at radius 1 is 1.00 bits per heavy atom. The Morgan fingerprint density at radius 3 is 2.70 bits per heavy atom. The van der Waals surface area contributed by atoms with Crippen molar-refractivity contribution in [2.24, 2.45) is 0 Å². The molecule has 2 heteroatoms. The van der Waals surface area contributed by atoms with E-state index in [-0.39, 0.29) is 5.72 Å². The van der Waals surface area contributed by atoms with Crippen molar-refractivity contribution in [1.29, 1.82) is 0 Å². The van der Waals surface area contributed by atoms with Crippen LogP contribution in [0, 0.1) is 0 Å². The third-order valence-corrected chi connectivity index (χ3v) is 4.19. The largest absolute Gasteiger partial charge is 0.350 e. The summed E-state index contributed by atoms with van der Waals surface area (Å²) >= 11 is 0. The first-order valence-electron chi connectivity index (χ1n) is 7.11. The van der Waals surface area contributed by atoms with Gasteiger partial charge >= 0.3 is 0 Å². The van der Waals surface area contributed by atoms with Crippen LogP contribution in [0.4, 0.5) is 5.69 Å². The molecule has 100 valence electrons. The van der Waals surface area contributed by atoms with Gasteiger partial charge in [0, 0.05) is 18.7 Å². The molecule has 1 fully saturated rings. The van der Waals surface area contributed by atoms with Gasteiger partial charge in [-0.1, -0.05) is 54.6 Å². The van der Waals surface area contributed by atoms with Gasteiger partial charge in [0.25, 0.3) is 0 Å². The zero-order valence-corrected chi connectivity index (χ0v) is 11.3. The predicted molar refractivity (Wildman–Crippen MR) is 81.7 cm³/mol. The van der Waals surface area contributed by atoms with E-state index in [1.807, 2.05) is 6.07 Å². The smallest absolute Gasteiger partial charge is 0.165 e. The molecule has 1 saturated heterocycles. The maximum absolute atomic E-state index is 6.11. The van der Waals surface area contributed by atoms with Gasteiger partial charge in [-0.15, -0.1) is 0 Å². The maximum atomic E-state index is 6.11. The lowest BCUT2D eigenvalue weighted by Gasteiger charge is -2.29. The second-order valence-corrected chi connectivity index (χ2v) is 5.39. The number of hydrogen-bond donors (Lipinski definition) is 0. The number of benzene rings is 2. The monoisotopic (exact) mass is 263 g/mol. The first-order valence-corrected chi connectivity index (χ1v) is 7.11. The molecular formula is C18H17NO. The number of nitrogens with zero attached hydrogens (tertiary/aromatic N) is 1. The van der Waals surface area contributed by atoms with Gasteiger partial charge < -0.3 is 9.64 Å². The molecule has 0 spiro atoms. The Kier molecular flexibility index (Phi) is 2.64. The highest BCUT2D eigenvalue weighted by molar-refractivity contribution is 5.65. The van der Waals surface area contributed by atoms with E-state index < -0.39 is 0 Å². The lowest BCUT2D eigenvalue weighted by Crippen LogP contribution is -2.40. The molecule has 2 aliphatic rings. The number of hydrogen-bond acceptors (Lipinski definition) is 2. The number of para-hydroxylation sites is 1. The molecule has 0 aromatic heterocycles. The van der Waals surface area contributed by atoms with Gasteiger partial charge in [-0.2, -0.15) is 0 Å².